The van der Waals surface area contributed by atoms with Crippen LogP contribution in [0.1, 0.15) is 88.8 Å². The zero-order valence-corrected chi connectivity index (χ0v) is 33.1. The van der Waals surface area contributed by atoms with Crippen molar-refractivity contribution in [3.05, 3.63) is 41.6 Å². The number of ether oxygens (including phenoxy) is 3. The second-order valence-corrected chi connectivity index (χ2v) is 18.8. The summed E-state index contributed by atoms with van der Waals surface area (Å²) in [4.78, 5) is 61.5. The minimum Gasteiger partial charge on any atom is -0.483 e. The van der Waals surface area contributed by atoms with Crippen LogP contribution < -0.4 is 19.5 Å². The van der Waals surface area contributed by atoms with Gasteiger partial charge in [0, 0.05) is 29.2 Å². The summed E-state index contributed by atoms with van der Waals surface area (Å²) in [5.41, 5.74) is -1.73. The molecule has 59 heavy (non-hydrogen) atoms. The Kier molecular flexibility index (Phi) is 10.9. The van der Waals surface area contributed by atoms with Crippen LogP contribution in [0.15, 0.2) is 30.4 Å². The molecule has 7 rings (SSSR count). The van der Waals surface area contributed by atoms with Crippen LogP contribution in [0.25, 0.3) is 10.9 Å². The first kappa shape index (κ1) is 42.5. The van der Waals surface area contributed by atoms with Gasteiger partial charge in [0.2, 0.25) is 21.8 Å². The first-order valence-electron chi connectivity index (χ1n) is 19.5. The summed E-state index contributed by atoms with van der Waals surface area (Å²) in [5.74, 6) is -5.78. The van der Waals surface area contributed by atoms with Gasteiger partial charge in [0.05, 0.1) is 28.9 Å². The maximum Gasteiger partial charge on any atom is 0.573 e. The van der Waals surface area contributed by atoms with E-state index in [4.69, 9.17) is 4.74 Å². The lowest BCUT2D eigenvalue weighted by Gasteiger charge is -2.36. The molecular weight excluding hydrogens is 815 g/mol. The lowest BCUT2D eigenvalue weighted by Crippen LogP contribution is -2.57. The molecule has 0 bridgehead atoms. The van der Waals surface area contributed by atoms with Gasteiger partial charge >= 0.3 is 18.5 Å². The van der Waals surface area contributed by atoms with Crippen molar-refractivity contribution in [2.24, 2.45) is 11.8 Å². The molecule has 2 N–H and O–H groups in total. The van der Waals surface area contributed by atoms with Gasteiger partial charge in [-0.25, -0.2) is 13.4 Å². The van der Waals surface area contributed by atoms with Gasteiger partial charge in [-0.05, 0) is 83.4 Å². The van der Waals surface area contributed by atoms with Crippen LogP contribution in [0.2, 0.25) is 0 Å². The highest BCUT2D eigenvalue weighted by Crippen LogP contribution is 2.49. The number of aryl methyl sites for hydroxylation is 2. The van der Waals surface area contributed by atoms with Crippen LogP contribution in [0, 0.1) is 18.8 Å². The minimum absolute atomic E-state index is 0.0641. The van der Waals surface area contributed by atoms with Crippen molar-refractivity contribution in [3.63, 3.8) is 0 Å². The van der Waals surface area contributed by atoms with E-state index in [0.717, 1.165) is 6.07 Å². The molecule has 13 nitrogen and oxygen atoms in total. The van der Waals surface area contributed by atoms with Crippen molar-refractivity contribution in [1.29, 1.82) is 0 Å². The topological polar surface area (TPSA) is 170 Å². The van der Waals surface area contributed by atoms with Gasteiger partial charge in [-0.3, -0.25) is 23.9 Å². The number of fused-ring (bicyclic) bond motifs is 5. The standard InChI is InChI=1S/C39H44F6N4O9S/c1-22-31-26(27-17-25(57-39(43,44)45)10-11-28(27)46-22)12-13-36(58-31)19-29-32(51)47-37(34(53)48-59(54,55)35(2)14-15-35)18-24(37)9-7-5-3-4-6-8-23(33(52)49(29)20-36)16-30(50)56-21-38(40,41)42/h7,9-11,17,23-24,29H,3-6,8,12-16,18-21H2,1-2H3,(H,47,51)(H,48,53)/b9-7-/t23-,24-,29+,36-,37-/m1/s1. The molecule has 0 radical (unpaired) electrons. The number of esters is 1. The number of benzene rings is 1. The van der Waals surface area contributed by atoms with Crippen molar-refractivity contribution in [3.8, 4) is 11.5 Å². The number of rotatable bonds is 7. The molecule has 1 saturated heterocycles. The summed E-state index contributed by atoms with van der Waals surface area (Å²) in [6, 6.07) is 2.35. The maximum atomic E-state index is 14.6. The van der Waals surface area contributed by atoms with Crippen molar-refractivity contribution in [2.75, 3.05) is 13.2 Å². The summed E-state index contributed by atoms with van der Waals surface area (Å²) in [6.07, 6.45) is -3.76. The molecule has 3 aliphatic heterocycles. The summed E-state index contributed by atoms with van der Waals surface area (Å²) in [6.45, 7) is 1.04. The van der Waals surface area contributed by atoms with Gasteiger partial charge in [-0.15, -0.1) is 13.2 Å². The molecule has 5 atom stereocenters. The lowest BCUT2D eigenvalue weighted by molar-refractivity contribution is -0.274. The Morgan fingerprint density at radius 3 is 2.51 bits per heavy atom. The van der Waals surface area contributed by atoms with Gasteiger partial charge in [0.25, 0.3) is 5.91 Å². The molecule has 2 aliphatic carbocycles. The molecule has 2 saturated carbocycles. The number of aromatic nitrogens is 1. The summed E-state index contributed by atoms with van der Waals surface area (Å²) < 4.78 is 121. The molecule has 0 unspecified atom stereocenters. The first-order chi connectivity index (χ1) is 27.5. The number of alkyl halides is 6. The molecular formula is C39H44F6N4O9S. The fourth-order valence-electron chi connectivity index (χ4n) is 8.42. The van der Waals surface area contributed by atoms with Gasteiger partial charge < -0.3 is 24.4 Å². The lowest BCUT2D eigenvalue weighted by atomic mass is 9.87. The molecule has 1 spiro atoms. The van der Waals surface area contributed by atoms with Crippen molar-refractivity contribution < 1.29 is 68.1 Å². The third-order valence-corrected chi connectivity index (χ3v) is 14.3. The van der Waals surface area contributed by atoms with E-state index in [1.54, 1.807) is 13.0 Å². The number of carbonyl (C=O) groups excluding carboxylic acids is 4. The Labute approximate surface area is 335 Å². The highest BCUT2D eigenvalue weighted by molar-refractivity contribution is 7.91. The monoisotopic (exact) mass is 858 g/mol. The van der Waals surface area contributed by atoms with Crippen LogP contribution in [0.3, 0.4) is 0 Å². The largest absolute Gasteiger partial charge is 0.573 e. The number of hydrogen-bond donors (Lipinski definition) is 2. The number of halogens is 6. The second kappa shape index (κ2) is 15.1. The Morgan fingerprint density at radius 1 is 1.07 bits per heavy atom. The number of amides is 3. The fraction of sp³-hybridized carbons (Fsp3) is 0.615. The smallest absolute Gasteiger partial charge is 0.483 e. The van der Waals surface area contributed by atoms with E-state index in [1.807, 2.05) is 6.08 Å². The molecule has 2 aromatic rings. The third-order valence-electron chi connectivity index (χ3n) is 12.1. The van der Waals surface area contributed by atoms with Crippen LogP contribution >= 0.6 is 0 Å². The zero-order valence-electron chi connectivity index (χ0n) is 32.3. The SMILES string of the molecule is Cc1nc2ccc(OC(F)(F)F)cc2c2c1O[C@]1(CC2)C[C@H]2C(=O)N[C@]3(C(=O)NS(=O)(=O)C4(C)CC4)C[C@H]3/C=C\CCCCC[C@H](CC(=O)OCC(F)(F)F)C(=O)N2C1. The molecule has 4 heterocycles. The predicted octanol–water partition coefficient (Wildman–Crippen LogP) is 5.61. The van der Waals surface area contributed by atoms with Crippen LogP contribution in [-0.2, 0) is 40.4 Å². The summed E-state index contributed by atoms with van der Waals surface area (Å²) in [5, 5.41) is 3.10. The number of sulfonamides is 1. The molecule has 20 heteroatoms. The Morgan fingerprint density at radius 2 is 1.81 bits per heavy atom. The third kappa shape index (κ3) is 8.96. The van der Waals surface area contributed by atoms with Gasteiger partial charge in [-0.2, -0.15) is 13.2 Å². The molecule has 1 aromatic carbocycles. The average Bonchev–Trinajstić information content (AvgIpc) is 4.03. The van der Waals surface area contributed by atoms with E-state index < -0.39 is 98.8 Å². The number of nitrogens with zero attached hydrogens (tertiary/aromatic N) is 2. The van der Waals surface area contributed by atoms with E-state index in [0.29, 0.717) is 60.7 Å². The Bertz CT molecular complexity index is 2190. The van der Waals surface area contributed by atoms with Crippen molar-refractivity contribution in [1.82, 2.24) is 19.9 Å². The van der Waals surface area contributed by atoms with E-state index in [-0.39, 0.29) is 44.4 Å². The normalized spacial score (nSPS) is 28.8. The Hall–Kier alpha value is -4.62. The number of hydrogen-bond acceptors (Lipinski definition) is 10. The highest BCUT2D eigenvalue weighted by Gasteiger charge is 2.64. The minimum atomic E-state index is -4.95. The highest BCUT2D eigenvalue weighted by atomic mass is 32.2. The Balaban J connectivity index is 1.23. The maximum absolute atomic E-state index is 14.6. The number of nitrogens with one attached hydrogen (secondary N) is 2. The summed E-state index contributed by atoms with van der Waals surface area (Å²) >= 11 is 0. The average molecular weight is 859 g/mol. The number of allylic oxidation sites excluding steroid dienone is 1. The molecule has 3 fully saturated rings. The van der Waals surface area contributed by atoms with Crippen LogP contribution in [0.4, 0.5) is 26.3 Å². The van der Waals surface area contributed by atoms with E-state index in [9.17, 15) is 53.9 Å². The second-order valence-electron chi connectivity index (χ2n) is 16.6. The predicted molar refractivity (Wildman–Crippen MR) is 196 cm³/mol. The van der Waals surface area contributed by atoms with E-state index in [2.05, 4.69) is 24.5 Å². The fourth-order valence-corrected chi connectivity index (χ4v) is 9.73. The quantitative estimate of drug-likeness (QED) is 0.203. The van der Waals surface area contributed by atoms with Crippen molar-refractivity contribution in [2.45, 2.75) is 125 Å². The number of carbonyl (C=O) groups is 4. The van der Waals surface area contributed by atoms with Gasteiger partial charge in [0.1, 0.15) is 28.7 Å². The van der Waals surface area contributed by atoms with E-state index >= 15 is 0 Å². The zero-order chi connectivity index (χ0) is 42.8. The van der Waals surface area contributed by atoms with Crippen LogP contribution in [0.5, 0.6) is 11.5 Å². The molecule has 5 aliphatic rings. The number of pyridine rings is 1. The van der Waals surface area contributed by atoms with Crippen LogP contribution in [-0.4, -0.2) is 89.6 Å². The molecule has 3 amide bonds. The van der Waals surface area contributed by atoms with E-state index in [1.165, 1.54) is 24.0 Å². The molecule has 322 valence electrons. The first-order valence-corrected chi connectivity index (χ1v) is 21.0. The molecule has 1 aromatic heterocycles. The van der Waals surface area contributed by atoms with Gasteiger partial charge in [0.15, 0.2) is 6.61 Å². The van der Waals surface area contributed by atoms with Gasteiger partial charge in [-0.1, -0.05) is 25.0 Å². The van der Waals surface area contributed by atoms with Crippen molar-refractivity contribution >= 4 is 44.6 Å². The summed E-state index contributed by atoms with van der Waals surface area (Å²) in [7, 11) is -4.11.